The molecule has 1 aliphatic rings. The number of rotatable bonds is 8. The summed E-state index contributed by atoms with van der Waals surface area (Å²) in [5, 5.41) is 18.1. The number of amides is 1. The summed E-state index contributed by atoms with van der Waals surface area (Å²) in [5.41, 5.74) is 8.39. The number of alkyl halides is 3. The van der Waals surface area contributed by atoms with E-state index in [2.05, 4.69) is 15.4 Å². The molecule has 0 bridgehead atoms. The lowest BCUT2D eigenvalue weighted by atomic mass is 9.92. The van der Waals surface area contributed by atoms with E-state index < -0.39 is 42.8 Å². The van der Waals surface area contributed by atoms with Crippen molar-refractivity contribution in [3.05, 3.63) is 82.2 Å². The van der Waals surface area contributed by atoms with Crippen molar-refractivity contribution in [2.24, 2.45) is 5.73 Å². The molecule has 204 valence electrons. The smallest absolute Gasteiger partial charge is 0.382 e. The fourth-order valence-electron chi connectivity index (χ4n) is 4.77. The SMILES string of the molecule is Cc1c(C(N)=O)ccc(-c2cnc3c(NCCC(F)(F)F)cc(C(O)c4cc(F)ccc4F)nn23)c1C1CC1. The van der Waals surface area contributed by atoms with Crippen molar-refractivity contribution in [1.29, 1.82) is 0 Å². The van der Waals surface area contributed by atoms with E-state index in [0.29, 0.717) is 22.4 Å². The molecule has 4 aromatic rings. The lowest BCUT2D eigenvalue weighted by Crippen LogP contribution is -2.16. The lowest BCUT2D eigenvalue weighted by molar-refractivity contribution is -0.131. The van der Waals surface area contributed by atoms with Gasteiger partial charge in [-0.3, -0.25) is 4.79 Å². The van der Waals surface area contributed by atoms with E-state index >= 15 is 0 Å². The zero-order valence-corrected chi connectivity index (χ0v) is 20.7. The van der Waals surface area contributed by atoms with Crippen molar-refractivity contribution in [1.82, 2.24) is 14.6 Å². The van der Waals surface area contributed by atoms with Crippen LogP contribution in [0.1, 0.15) is 64.0 Å². The van der Waals surface area contributed by atoms with E-state index in [1.165, 1.54) is 16.8 Å². The second kappa shape index (κ2) is 9.92. The predicted octanol–water partition coefficient (Wildman–Crippen LogP) is 5.41. The van der Waals surface area contributed by atoms with Crippen LogP contribution in [0.4, 0.5) is 27.6 Å². The van der Waals surface area contributed by atoms with Gasteiger partial charge in [-0.1, -0.05) is 6.07 Å². The van der Waals surface area contributed by atoms with E-state index in [1.54, 1.807) is 19.1 Å². The number of aliphatic hydroxyl groups is 1. The Labute approximate surface area is 219 Å². The van der Waals surface area contributed by atoms with E-state index in [1.807, 2.05) is 0 Å². The van der Waals surface area contributed by atoms with E-state index in [0.717, 1.165) is 36.6 Å². The molecule has 39 heavy (non-hydrogen) atoms. The Morgan fingerprint density at radius 1 is 1.21 bits per heavy atom. The number of hydrogen-bond donors (Lipinski definition) is 3. The van der Waals surface area contributed by atoms with Gasteiger partial charge in [0.2, 0.25) is 5.91 Å². The minimum absolute atomic E-state index is 0.116. The molecule has 1 fully saturated rings. The summed E-state index contributed by atoms with van der Waals surface area (Å²) in [5.74, 6) is -2.06. The van der Waals surface area contributed by atoms with Crippen molar-refractivity contribution in [2.75, 3.05) is 11.9 Å². The zero-order chi connectivity index (χ0) is 28.1. The van der Waals surface area contributed by atoms with Gasteiger partial charge in [-0.05, 0) is 67.1 Å². The highest BCUT2D eigenvalue weighted by Gasteiger charge is 2.31. The molecule has 5 rings (SSSR count). The second-order valence-corrected chi connectivity index (χ2v) is 9.56. The molecule has 0 aliphatic heterocycles. The van der Waals surface area contributed by atoms with Crippen LogP contribution in [0.15, 0.2) is 42.6 Å². The number of fused-ring (bicyclic) bond motifs is 1. The van der Waals surface area contributed by atoms with Gasteiger partial charge in [0.1, 0.15) is 17.7 Å². The Balaban J connectivity index is 1.68. The van der Waals surface area contributed by atoms with E-state index in [9.17, 15) is 31.9 Å². The molecule has 0 radical (unpaired) electrons. The van der Waals surface area contributed by atoms with Gasteiger partial charge in [-0.2, -0.15) is 18.3 Å². The fourth-order valence-corrected chi connectivity index (χ4v) is 4.77. The van der Waals surface area contributed by atoms with Crippen molar-refractivity contribution in [3.8, 4) is 11.3 Å². The Morgan fingerprint density at radius 3 is 2.62 bits per heavy atom. The first kappa shape index (κ1) is 26.5. The van der Waals surface area contributed by atoms with Crippen LogP contribution in [-0.2, 0) is 0 Å². The summed E-state index contributed by atoms with van der Waals surface area (Å²) in [7, 11) is 0. The van der Waals surface area contributed by atoms with E-state index in [-0.39, 0.29) is 28.5 Å². The van der Waals surface area contributed by atoms with Crippen molar-refractivity contribution < 1.29 is 31.9 Å². The van der Waals surface area contributed by atoms with Gasteiger partial charge in [-0.15, -0.1) is 0 Å². The molecule has 12 heteroatoms. The summed E-state index contributed by atoms with van der Waals surface area (Å²) in [6.45, 7) is 1.30. The largest absolute Gasteiger partial charge is 0.390 e. The Hall–Kier alpha value is -4.06. The normalized spacial score (nSPS) is 14.5. The molecule has 2 aromatic heterocycles. The third-order valence-corrected chi connectivity index (χ3v) is 6.79. The highest BCUT2D eigenvalue weighted by molar-refractivity contribution is 5.95. The number of halogens is 5. The Kier molecular flexibility index (Phi) is 6.75. The average Bonchev–Trinajstić information content (AvgIpc) is 3.61. The van der Waals surface area contributed by atoms with Crippen LogP contribution >= 0.6 is 0 Å². The maximum atomic E-state index is 14.5. The summed E-state index contributed by atoms with van der Waals surface area (Å²) >= 11 is 0. The molecule has 4 N–H and O–H groups in total. The lowest BCUT2D eigenvalue weighted by Gasteiger charge is -2.17. The highest BCUT2D eigenvalue weighted by atomic mass is 19.4. The molecule has 0 saturated heterocycles. The van der Waals surface area contributed by atoms with Crippen LogP contribution < -0.4 is 11.1 Å². The zero-order valence-electron chi connectivity index (χ0n) is 20.7. The van der Waals surface area contributed by atoms with Crippen molar-refractivity contribution >= 4 is 17.2 Å². The second-order valence-electron chi connectivity index (χ2n) is 9.56. The number of carbonyl (C=O) groups is 1. The summed E-state index contributed by atoms with van der Waals surface area (Å²) < 4.78 is 68.2. The number of nitrogens with one attached hydrogen (secondary N) is 1. The number of nitrogens with zero attached hydrogens (tertiary/aromatic N) is 3. The topological polar surface area (TPSA) is 106 Å². The Morgan fingerprint density at radius 2 is 1.95 bits per heavy atom. The molecular weight excluding hydrogens is 521 g/mol. The van der Waals surface area contributed by atoms with Gasteiger partial charge < -0.3 is 16.2 Å². The van der Waals surface area contributed by atoms with Gasteiger partial charge in [0.15, 0.2) is 5.65 Å². The molecular formula is C27H24F5N5O2. The van der Waals surface area contributed by atoms with Gasteiger partial charge in [0.25, 0.3) is 0 Å². The van der Waals surface area contributed by atoms with Crippen molar-refractivity contribution in [3.63, 3.8) is 0 Å². The molecule has 1 aliphatic carbocycles. The van der Waals surface area contributed by atoms with E-state index in [4.69, 9.17) is 5.73 Å². The maximum absolute atomic E-state index is 14.5. The fraction of sp³-hybridized carbons (Fsp3) is 0.296. The van der Waals surface area contributed by atoms with Crippen LogP contribution in [0.3, 0.4) is 0 Å². The standard InChI is InChI=1S/C27H24F5N5O2/c1-13-16(25(33)39)5-6-17(23(13)14-2-3-14)22-12-35-26-21(34-9-8-27(30,31)32)11-20(36-37(22)26)24(38)18-10-15(28)4-7-19(18)29/h4-7,10-12,14,24,34,38H,2-3,8-9H2,1H3,(H2,33,39). The van der Waals surface area contributed by atoms with Crippen LogP contribution in [0.2, 0.25) is 0 Å². The molecule has 2 heterocycles. The molecule has 7 nitrogen and oxygen atoms in total. The maximum Gasteiger partial charge on any atom is 0.390 e. The van der Waals surface area contributed by atoms with Crippen LogP contribution in [0, 0.1) is 18.6 Å². The number of primary amides is 1. The summed E-state index contributed by atoms with van der Waals surface area (Å²) in [4.78, 5) is 16.3. The van der Waals surface area contributed by atoms with Gasteiger partial charge in [0, 0.05) is 23.2 Å². The number of nitrogens with two attached hydrogens (primary N) is 1. The molecule has 1 amide bonds. The first-order chi connectivity index (χ1) is 18.4. The molecule has 0 spiro atoms. The van der Waals surface area contributed by atoms with Crippen LogP contribution in [-0.4, -0.2) is 38.3 Å². The highest BCUT2D eigenvalue weighted by Crippen LogP contribution is 2.47. The number of aromatic nitrogens is 3. The summed E-state index contributed by atoms with van der Waals surface area (Å²) in [6.07, 6.45) is -4.00. The third kappa shape index (κ3) is 5.29. The van der Waals surface area contributed by atoms with Gasteiger partial charge in [-0.25, -0.2) is 18.3 Å². The quantitative estimate of drug-likeness (QED) is 0.257. The van der Waals surface area contributed by atoms with Crippen LogP contribution in [0.25, 0.3) is 16.9 Å². The number of benzene rings is 2. The first-order valence-electron chi connectivity index (χ1n) is 12.2. The minimum atomic E-state index is -4.41. The van der Waals surface area contributed by atoms with Crippen molar-refractivity contribution in [2.45, 2.75) is 44.4 Å². The third-order valence-electron chi connectivity index (χ3n) is 6.79. The average molecular weight is 546 g/mol. The Bertz CT molecular complexity index is 1580. The molecule has 1 unspecified atom stereocenters. The minimum Gasteiger partial charge on any atom is -0.382 e. The molecule has 1 saturated carbocycles. The number of aliphatic hydroxyl groups excluding tert-OH is 1. The number of carbonyl (C=O) groups excluding carboxylic acids is 1. The predicted molar refractivity (Wildman–Crippen MR) is 133 cm³/mol. The monoisotopic (exact) mass is 545 g/mol. The van der Waals surface area contributed by atoms with Gasteiger partial charge in [0.05, 0.1) is 29.7 Å². The first-order valence-corrected chi connectivity index (χ1v) is 12.2. The number of hydrogen-bond acceptors (Lipinski definition) is 5. The molecule has 1 atom stereocenters. The van der Waals surface area contributed by atoms with Crippen LogP contribution in [0.5, 0.6) is 0 Å². The van der Waals surface area contributed by atoms with Gasteiger partial charge >= 0.3 is 6.18 Å². The number of anilines is 1. The summed E-state index contributed by atoms with van der Waals surface area (Å²) in [6, 6.07) is 7.15. The number of imidazole rings is 1. The molecule has 2 aromatic carbocycles.